The zero-order valence-electron chi connectivity index (χ0n) is 11.9. The standard InChI is InChI=1S/C17H23FO2/c18-15-5-3-13(4-6-15)11-16(19)14-7-10-20-17(12-14)8-1-2-9-17/h3-6,14,16,19H,1-2,7-12H2. The van der Waals surface area contributed by atoms with Crippen molar-refractivity contribution in [2.24, 2.45) is 5.92 Å². The lowest BCUT2D eigenvalue weighted by molar-refractivity contribution is -0.112. The third kappa shape index (κ3) is 3.04. The third-order valence-corrected chi connectivity index (χ3v) is 4.95. The first-order chi connectivity index (χ1) is 9.67. The van der Waals surface area contributed by atoms with E-state index in [0.29, 0.717) is 12.3 Å². The van der Waals surface area contributed by atoms with Crippen molar-refractivity contribution in [3.63, 3.8) is 0 Å². The van der Waals surface area contributed by atoms with Gasteiger partial charge in [0, 0.05) is 6.61 Å². The van der Waals surface area contributed by atoms with E-state index >= 15 is 0 Å². The van der Waals surface area contributed by atoms with Gasteiger partial charge in [-0.1, -0.05) is 25.0 Å². The van der Waals surface area contributed by atoms with Crippen LogP contribution in [0.3, 0.4) is 0 Å². The Morgan fingerprint density at radius 3 is 2.65 bits per heavy atom. The third-order valence-electron chi connectivity index (χ3n) is 4.95. The predicted molar refractivity (Wildman–Crippen MR) is 76.0 cm³/mol. The van der Waals surface area contributed by atoms with Crippen molar-refractivity contribution in [2.75, 3.05) is 6.61 Å². The van der Waals surface area contributed by atoms with Gasteiger partial charge >= 0.3 is 0 Å². The van der Waals surface area contributed by atoms with Gasteiger partial charge in [0.15, 0.2) is 0 Å². The van der Waals surface area contributed by atoms with Crippen LogP contribution in [-0.2, 0) is 11.2 Å². The van der Waals surface area contributed by atoms with Crippen LogP contribution in [0.5, 0.6) is 0 Å². The Hall–Kier alpha value is -0.930. The van der Waals surface area contributed by atoms with Crippen molar-refractivity contribution in [1.82, 2.24) is 0 Å². The summed E-state index contributed by atoms with van der Waals surface area (Å²) in [6.07, 6.45) is 6.98. The van der Waals surface area contributed by atoms with Gasteiger partial charge in [0.05, 0.1) is 11.7 Å². The lowest BCUT2D eigenvalue weighted by Crippen LogP contribution is -2.41. The van der Waals surface area contributed by atoms with Crippen LogP contribution in [0.4, 0.5) is 4.39 Å². The Morgan fingerprint density at radius 2 is 1.95 bits per heavy atom. The van der Waals surface area contributed by atoms with Gasteiger partial charge in [0.25, 0.3) is 0 Å². The average molecular weight is 278 g/mol. The fourth-order valence-electron chi connectivity index (χ4n) is 3.79. The molecule has 1 aliphatic heterocycles. The number of rotatable bonds is 3. The van der Waals surface area contributed by atoms with E-state index in [4.69, 9.17) is 4.74 Å². The van der Waals surface area contributed by atoms with E-state index in [1.165, 1.54) is 25.0 Å². The number of aliphatic hydroxyl groups excluding tert-OH is 1. The maximum absolute atomic E-state index is 12.9. The van der Waals surface area contributed by atoms with Crippen molar-refractivity contribution in [1.29, 1.82) is 0 Å². The molecule has 20 heavy (non-hydrogen) atoms. The number of benzene rings is 1. The summed E-state index contributed by atoms with van der Waals surface area (Å²) in [5.41, 5.74) is 1.05. The van der Waals surface area contributed by atoms with Crippen LogP contribution >= 0.6 is 0 Å². The van der Waals surface area contributed by atoms with Gasteiger partial charge in [-0.3, -0.25) is 0 Å². The molecule has 1 N–H and O–H groups in total. The van der Waals surface area contributed by atoms with E-state index < -0.39 is 0 Å². The highest BCUT2D eigenvalue weighted by molar-refractivity contribution is 5.17. The second-order valence-corrected chi connectivity index (χ2v) is 6.39. The molecule has 2 nitrogen and oxygen atoms in total. The summed E-state index contributed by atoms with van der Waals surface area (Å²) in [6, 6.07) is 6.46. The summed E-state index contributed by atoms with van der Waals surface area (Å²) in [4.78, 5) is 0. The fraction of sp³-hybridized carbons (Fsp3) is 0.647. The van der Waals surface area contributed by atoms with E-state index in [2.05, 4.69) is 0 Å². The smallest absolute Gasteiger partial charge is 0.123 e. The number of hydrogen-bond acceptors (Lipinski definition) is 2. The zero-order chi connectivity index (χ0) is 14.0. The highest BCUT2D eigenvalue weighted by atomic mass is 19.1. The molecule has 1 saturated heterocycles. The van der Waals surface area contributed by atoms with E-state index in [9.17, 15) is 9.50 Å². The minimum Gasteiger partial charge on any atom is -0.392 e. The molecule has 0 bridgehead atoms. The molecule has 1 spiro atoms. The molecule has 3 heteroatoms. The molecule has 2 unspecified atom stereocenters. The van der Waals surface area contributed by atoms with E-state index in [0.717, 1.165) is 37.9 Å². The van der Waals surface area contributed by atoms with E-state index in [1.807, 2.05) is 0 Å². The molecule has 110 valence electrons. The molecule has 1 heterocycles. The Kier molecular flexibility index (Phi) is 4.08. The van der Waals surface area contributed by atoms with Gasteiger partial charge in [0.1, 0.15) is 5.82 Å². The van der Waals surface area contributed by atoms with E-state index in [1.54, 1.807) is 12.1 Å². The quantitative estimate of drug-likeness (QED) is 0.917. The molecule has 1 aliphatic carbocycles. The van der Waals surface area contributed by atoms with Crippen molar-refractivity contribution < 1.29 is 14.2 Å². The lowest BCUT2D eigenvalue weighted by atomic mass is 9.80. The topological polar surface area (TPSA) is 29.5 Å². The van der Waals surface area contributed by atoms with Crippen LogP contribution in [0, 0.1) is 11.7 Å². The molecule has 2 aliphatic rings. The van der Waals surface area contributed by atoms with Crippen LogP contribution in [0.1, 0.15) is 44.1 Å². The van der Waals surface area contributed by atoms with Gasteiger partial charge in [-0.15, -0.1) is 0 Å². The molecular weight excluding hydrogens is 255 g/mol. The molecule has 2 fully saturated rings. The van der Waals surface area contributed by atoms with Crippen LogP contribution < -0.4 is 0 Å². The monoisotopic (exact) mass is 278 g/mol. The highest BCUT2D eigenvalue weighted by Gasteiger charge is 2.41. The molecule has 0 aromatic heterocycles. The van der Waals surface area contributed by atoms with Crippen molar-refractivity contribution in [3.05, 3.63) is 35.6 Å². The number of hydrogen-bond donors (Lipinski definition) is 1. The van der Waals surface area contributed by atoms with E-state index in [-0.39, 0.29) is 17.5 Å². The van der Waals surface area contributed by atoms with Crippen LogP contribution in [0.25, 0.3) is 0 Å². The second-order valence-electron chi connectivity index (χ2n) is 6.39. The SMILES string of the molecule is OC(Cc1ccc(F)cc1)C1CCOC2(CCCC2)C1. The van der Waals surface area contributed by atoms with Crippen LogP contribution in [-0.4, -0.2) is 23.4 Å². The Bertz CT molecular complexity index is 437. The summed E-state index contributed by atoms with van der Waals surface area (Å²) in [5, 5.41) is 10.5. The first-order valence-corrected chi connectivity index (χ1v) is 7.73. The molecule has 1 aromatic carbocycles. The van der Waals surface area contributed by atoms with Crippen molar-refractivity contribution in [3.8, 4) is 0 Å². The minimum absolute atomic E-state index is 0.0483. The second kappa shape index (κ2) is 5.82. The normalized spacial score (nSPS) is 26.8. The van der Waals surface area contributed by atoms with Crippen LogP contribution in [0.15, 0.2) is 24.3 Å². The fourth-order valence-corrected chi connectivity index (χ4v) is 3.79. The van der Waals surface area contributed by atoms with Gasteiger partial charge in [-0.05, 0) is 55.7 Å². The van der Waals surface area contributed by atoms with Gasteiger partial charge in [-0.2, -0.15) is 0 Å². The zero-order valence-corrected chi connectivity index (χ0v) is 11.9. The average Bonchev–Trinajstić information content (AvgIpc) is 2.89. The Balaban J connectivity index is 1.61. The minimum atomic E-state index is -0.346. The summed E-state index contributed by atoms with van der Waals surface area (Å²) in [5.74, 6) is 0.0890. The summed E-state index contributed by atoms with van der Waals surface area (Å²) in [6.45, 7) is 0.769. The molecule has 0 amide bonds. The summed E-state index contributed by atoms with van der Waals surface area (Å²) < 4.78 is 18.9. The number of ether oxygens (including phenoxy) is 1. The van der Waals surface area contributed by atoms with Crippen molar-refractivity contribution in [2.45, 2.75) is 56.7 Å². The number of halogens is 1. The molecular formula is C17H23FO2. The van der Waals surface area contributed by atoms with Crippen molar-refractivity contribution >= 4 is 0 Å². The van der Waals surface area contributed by atoms with Gasteiger partial charge in [-0.25, -0.2) is 4.39 Å². The Labute approximate surface area is 120 Å². The number of aliphatic hydroxyl groups is 1. The van der Waals surface area contributed by atoms with Crippen LogP contribution in [0.2, 0.25) is 0 Å². The van der Waals surface area contributed by atoms with Gasteiger partial charge < -0.3 is 9.84 Å². The maximum Gasteiger partial charge on any atom is 0.123 e. The summed E-state index contributed by atoms with van der Waals surface area (Å²) in [7, 11) is 0. The highest BCUT2D eigenvalue weighted by Crippen LogP contribution is 2.43. The molecule has 2 atom stereocenters. The maximum atomic E-state index is 12.9. The lowest BCUT2D eigenvalue weighted by Gasteiger charge is -2.40. The molecule has 3 rings (SSSR count). The predicted octanol–water partition coefficient (Wildman–Crippen LogP) is 3.47. The summed E-state index contributed by atoms with van der Waals surface area (Å²) >= 11 is 0. The van der Waals surface area contributed by atoms with Gasteiger partial charge in [0.2, 0.25) is 0 Å². The Morgan fingerprint density at radius 1 is 1.25 bits per heavy atom. The first-order valence-electron chi connectivity index (χ1n) is 7.73. The molecule has 0 radical (unpaired) electrons. The molecule has 1 saturated carbocycles. The largest absolute Gasteiger partial charge is 0.392 e. The first kappa shape index (κ1) is 14.0. The molecule has 1 aromatic rings.